The molecule has 1 heterocycles. The fourth-order valence-electron chi connectivity index (χ4n) is 3.01. The average Bonchev–Trinajstić information content (AvgIpc) is 3.18. The van der Waals surface area contributed by atoms with Crippen LogP contribution in [0.3, 0.4) is 0 Å². The van der Waals surface area contributed by atoms with Gasteiger partial charge in [0, 0.05) is 18.2 Å². The van der Waals surface area contributed by atoms with E-state index in [4.69, 9.17) is 4.52 Å². The van der Waals surface area contributed by atoms with Gasteiger partial charge in [0.1, 0.15) is 0 Å². The van der Waals surface area contributed by atoms with Crippen molar-refractivity contribution in [3.63, 3.8) is 0 Å². The summed E-state index contributed by atoms with van der Waals surface area (Å²) in [6, 6.07) is 13.8. The molecule has 0 spiro atoms. The average molecular weight is 417 g/mol. The molecule has 5 nitrogen and oxygen atoms in total. The number of hydrogen-bond donors (Lipinski definition) is 1. The van der Waals surface area contributed by atoms with E-state index in [2.05, 4.69) is 10.5 Å². The van der Waals surface area contributed by atoms with Crippen LogP contribution in [-0.2, 0) is 6.18 Å². The summed E-state index contributed by atoms with van der Waals surface area (Å²) < 4.78 is 43.6. The first kappa shape index (κ1) is 21.6. The number of carbonyl (C=O) groups is 1. The van der Waals surface area contributed by atoms with Crippen molar-refractivity contribution in [2.75, 3.05) is 20.6 Å². The van der Waals surface area contributed by atoms with Crippen LogP contribution in [0.25, 0.3) is 11.3 Å². The molecule has 158 valence electrons. The fourth-order valence-corrected chi connectivity index (χ4v) is 3.01. The summed E-state index contributed by atoms with van der Waals surface area (Å²) >= 11 is 0. The van der Waals surface area contributed by atoms with Gasteiger partial charge < -0.3 is 14.7 Å². The Balaban J connectivity index is 1.68. The number of aromatic nitrogens is 1. The molecule has 0 saturated heterocycles. The Morgan fingerprint density at radius 2 is 1.73 bits per heavy atom. The molecule has 0 radical (unpaired) electrons. The molecule has 3 rings (SSSR count). The lowest BCUT2D eigenvalue weighted by Crippen LogP contribution is -2.34. The lowest BCUT2D eigenvalue weighted by Gasteiger charge is -2.25. The number of aryl methyl sites for hydroxylation is 1. The minimum Gasteiger partial charge on any atom is -0.355 e. The Bertz CT molecular complexity index is 994. The maximum absolute atomic E-state index is 12.8. The van der Waals surface area contributed by atoms with E-state index in [1.165, 1.54) is 12.1 Å². The Morgan fingerprint density at radius 1 is 1.10 bits per heavy atom. The number of nitrogens with one attached hydrogen (secondary N) is 1. The Hall–Kier alpha value is -3.13. The molecule has 2 aromatic carbocycles. The highest BCUT2D eigenvalue weighted by Crippen LogP contribution is 2.30. The summed E-state index contributed by atoms with van der Waals surface area (Å²) in [6.07, 6.45) is -4.39. The predicted octanol–water partition coefficient (Wildman–Crippen LogP) is 4.70. The standard InChI is InChI=1S/C22H22F3N3O2/c1-14-4-6-16(7-5-14)20-12-18(27-30-20)21(29)26-13-19(28(2)3)15-8-10-17(11-9-15)22(23,24)25/h4-12,19H,13H2,1-3H3,(H,26,29)/t19-/m1/s1. The number of carbonyl (C=O) groups excluding carboxylic acids is 1. The summed E-state index contributed by atoms with van der Waals surface area (Å²) in [6.45, 7) is 2.17. The number of benzene rings is 2. The molecule has 0 aliphatic heterocycles. The molecular formula is C22H22F3N3O2. The monoisotopic (exact) mass is 417 g/mol. The van der Waals surface area contributed by atoms with Crippen molar-refractivity contribution in [1.82, 2.24) is 15.4 Å². The molecule has 8 heteroatoms. The summed E-state index contributed by atoms with van der Waals surface area (Å²) in [5.41, 5.74) is 2.00. The number of nitrogens with zero attached hydrogens (tertiary/aromatic N) is 2. The third-order valence-electron chi connectivity index (χ3n) is 4.78. The number of hydrogen-bond acceptors (Lipinski definition) is 4. The lowest BCUT2D eigenvalue weighted by molar-refractivity contribution is -0.137. The van der Waals surface area contributed by atoms with Crippen molar-refractivity contribution < 1.29 is 22.5 Å². The van der Waals surface area contributed by atoms with Gasteiger partial charge in [0.05, 0.1) is 11.6 Å². The van der Waals surface area contributed by atoms with Gasteiger partial charge in [-0.05, 0) is 38.7 Å². The van der Waals surface area contributed by atoms with Crippen LogP contribution in [0, 0.1) is 6.92 Å². The van der Waals surface area contributed by atoms with Gasteiger partial charge in [0.2, 0.25) is 0 Å². The quantitative estimate of drug-likeness (QED) is 0.632. The zero-order valence-electron chi connectivity index (χ0n) is 16.8. The van der Waals surface area contributed by atoms with Crippen molar-refractivity contribution in [2.45, 2.75) is 19.1 Å². The van der Waals surface area contributed by atoms with Gasteiger partial charge in [-0.15, -0.1) is 0 Å². The van der Waals surface area contributed by atoms with E-state index in [0.29, 0.717) is 11.3 Å². The van der Waals surface area contributed by atoms with Crippen LogP contribution < -0.4 is 5.32 Å². The second kappa shape index (κ2) is 8.71. The predicted molar refractivity (Wildman–Crippen MR) is 107 cm³/mol. The molecule has 1 N–H and O–H groups in total. The van der Waals surface area contributed by atoms with Gasteiger partial charge in [-0.2, -0.15) is 13.2 Å². The van der Waals surface area contributed by atoms with Crippen molar-refractivity contribution in [3.05, 3.63) is 77.0 Å². The van der Waals surface area contributed by atoms with E-state index in [1.54, 1.807) is 20.2 Å². The van der Waals surface area contributed by atoms with Gasteiger partial charge in [0.15, 0.2) is 11.5 Å². The zero-order valence-corrected chi connectivity index (χ0v) is 16.8. The largest absolute Gasteiger partial charge is 0.416 e. The van der Waals surface area contributed by atoms with Crippen molar-refractivity contribution in [1.29, 1.82) is 0 Å². The fraction of sp³-hybridized carbons (Fsp3) is 0.273. The van der Waals surface area contributed by atoms with E-state index in [-0.39, 0.29) is 18.3 Å². The molecule has 1 amide bonds. The van der Waals surface area contributed by atoms with Crippen LogP contribution in [0.1, 0.15) is 33.2 Å². The topological polar surface area (TPSA) is 58.4 Å². The summed E-state index contributed by atoms with van der Waals surface area (Å²) in [4.78, 5) is 14.3. The third-order valence-corrected chi connectivity index (χ3v) is 4.78. The maximum atomic E-state index is 12.8. The molecule has 0 bridgehead atoms. The number of halogens is 3. The molecule has 0 saturated carbocycles. The van der Waals surface area contributed by atoms with E-state index in [0.717, 1.165) is 23.3 Å². The summed E-state index contributed by atoms with van der Waals surface area (Å²) in [7, 11) is 3.58. The number of amides is 1. The number of likely N-dealkylation sites (N-methyl/N-ethyl adjacent to an activating group) is 1. The molecule has 0 fully saturated rings. The van der Waals surface area contributed by atoms with Crippen molar-refractivity contribution >= 4 is 5.91 Å². The normalized spacial score (nSPS) is 12.8. The van der Waals surface area contributed by atoms with E-state index in [1.807, 2.05) is 36.1 Å². The molecule has 0 aliphatic rings. The van der Waals surface area contributed by atoms with E-state index in [9.17, 15) is 18.0 Å². The third kappa shape index (κ3) is 5.07. The first-order valence-corrected chi connectivity index (χ1v) is 9.30. The van der Waals surface area contributed by atoms with Crippen molar-refractivity contribution in [3.8, 4) is 11.3 Å². The van der Waals surface area contributed by atoms with Gasteiger partial charge in [-0.1, -0.05) is 47.1 Å². The lowest BCUT2D eigenvalue weighted by atomic mass is 10.0. The number of alkyl halides is 3. The van der Waals surface area contributed by atoms with E-state index < -0.39 is 17.6 Å². The molecular weight excluding hydrogens is 395 g/mol. The Kier molecular flexibility index (Phi) is 6.26. The van der Waals surface area contributed by atoms with Crippen LogP contribution in [-0.4, -0.2) is 36.6 Å². The van der Waals surface area contributed by atoms with Gasteiger partial charge >= 0.3 is 6.18 Å². The smallest absolute Gasteiger partial charge is 0.355 e. The zero-order chi connectivity index (χ0) is 21.9. The SMILES string of the molecule is Cc1ccc(-c2cc(C(=O)NC[C@H](c3ccc(C(F)(F)F)cc3)N(C)C)no2)cc1. The molecule has 30 heavy (non-hydrogen) atoms. The highest BCUT2D eigenvalue weighted by molar-refractivity contribution is 5.93. The maximum Gasteiger partial charge on any atom is 0.416 e. The second-order valence-corrected chi connectivity index (χ2v) is 7.25. The highest BCUT2D eigenvalue weighted by atomic mass is 19.4. The summed E-state index contributed by atoms with van der Waals surface area (Å²) in [5, 5.41) is 6.60. The van der Waals surface area contributed by atoms with Crippen LogP contribution in [0.5, 0.6) is 0 Å². The molecule has 1 aromatic heterocycles. The van der Waals surface area contributed by atoms with Crippen LogP contribution >= 0.6 is 0 Å². The first-order chi connectivity index (χ1) is 14.1. The molecule has 0 unspecified atom stereocenters. The number of rotatable bonds is 6. The molecule has 1 atom stereocenters. The van der Waals surface area contributed by atoms with Gasteiger partial charge in [0.25, 0.3) is 5.91 Å². The van der Waals surface area contributed by atoms with Crippen LogP contribution in [0.4, 0.5) is 13.2 Å². The Labute approximate surface area is 172 Å². The first-order valence-electron chi connectivity index (χ1n) is 9.30. The minimum atomic E-state index is -4.39. The second-order valence-electron chi connectivity index (χ2n) is 7.25. The van der Waals surface area contributed by atoms with Crippen LogP contribution in [0.2, 0.25) is 0 Å². The molecule has 0 aliphatic carbocycles. The van der Waals surface area contributed by atoms with Gasteiger partial charge in [-0.25, -0.2) is 0 Å². The van der Waals surface area contributed by atoms with E-state index >= 15 is 0 Å². The van der Waals surface area contributed by atoms with Crippen molar-refractivity contribution in [2.24, 2.45) is 0 Å². The Morgan fingerprint density at radius 3 is 2.30 bits per heavy atom. The minimum absolute atomic E-state index is 0.135. The molecule has 3 aromatic rings. The summed E-state index contributed by atoms with van der Waals surface area (Å²) in [5.74, 6) is 0.0583. The van der Waals surface area contributed by atoms with Crippen LogP contribution in [0.15, 0.2) is 59.1 Å². The highest BCUT2D eigenvalue weighted by Gasteiger charge is 2.30. The van der Waals surface area contributed by atoms with Gasteiger partial charge in [-0.3, -0.25) is 4.79 Å².